The molecule has 0 aliphatic carbocycles. The molecule has 0 spiro atoms. The Balaban J connectivity index is 1.87. The fourth-order valence-electron chi connectivity index (χ4n) is 2.93. The van der Waals surface area contributed by atoms with Gasteiger partial charge < -0.3 is 19.9 Å². The first-order chi connectivity index (χ1) is 11.0. The Bertz CT molecular complexity index is 513. The molecule has 0 aromatic carbocycles. The van der Waals surface area contributed by atoms with E-state index >= 15 is 0 Å². The number of aromatic nitrogens is 3. The number of hydrogen-bond donors (Lipinski definition) is 2. The number of hydrogen-bond acceptors (Lipinski definition) is 4. The zero-order valence-electron chi connectivity index (χ0n) is 14.5. The molecule has 2 N–H and O–H groups in total. The maximum absolute atomic E-state index is 12.3. The van der Waals surface area contributed by atoms with Gasteiger partial charge in [-0.25, -0.2) is 4.79 Å². The largest absolute Gasteiger partial charge is 0.392 e. The molecule has 1 unspecified atom stereocenters. The van der Waals surface area contributed by atoms with Crippen molar-refractivity contribution in [1.29, 1.82) is 0 Å². The predicted molar refractivity (Wildman–Crippen MR) is 88.2 cm³/mol. The van der Waals surface area contributed by atoms with Gasteiger partial charge in [-0.1, -0.05) is 6.42 Å². The van der Waals surface area contributed by atoms with Crippen molar-refractivity contribution in [3.8, 4) is 0 Å². The molecule has 0 saturated heterocycles. The van der Waals surface area contributed by atoms with Crippen LogP contribution in [0.15, 0.2) is 0 Å². The van der Waals surface area contributed by atoms with Gasteiger partial charge in [0.1, 0.15) is 11.6 Å². The smallest absolute Gasteiger partial charge is 0.317 e. The van der Waals surface area contributed by atoms with Crippen LogP contribution in [0.3, 0.4) is 0 Å². The van der Waals surface area contributed by atoms with Gasteiger partial charge >= 0.3 is 6.03 Å². The van der Waals surface area contributed by atoms with E-state index in [2.05, 4.69) is 20.1 Å². The lowest BCUT2D eigenvalue weighted by atomic mass is 10.2. The summed E-state index contributed by atoms with van der Waals surface area (Å²) in [6.45, 7) is 7.42. The van der Waals surface area contributed by atoms with Crippen LogP contribution in [-0.2, 0) is 19.4 Å². The topological polar surface area (TPSA) is 83.3 Å². The third kappa shape index (κ3) is 4.92. The molecular weight excluding hydrogens is 294 g/mol. The highest BCUT2D eigenvalue weighted by molar-refractivity contribution is 5.74. The predicted octanol–water partition coefficient (Wildman–Crippen LogP) is 1.35. The number of nitrogens with zero attached hydrogens (tertiary/aromatic N) is 4. The number of carbonyl (C=O) groups is 1. The molecule has 0 saturated carbocycles. The average molecular weight is 323 g/mol. The van der Waals surface area contributed by atoms with Crippen molar-refractivity contribution in [2.45, 2.75) is 71.6 Å². The minimum Gasteiger partial charge on any atom is -0.392 e. The molecule has 7 heteroatoms. The molecule has 0 fully saturated rings. The highest BCUT2D eigenvalue weighted by atomic mass is 16.3. The summed E-state index contributed by atoms with van der Waals surface area (Å²) in [5.41, 5.74) is 0. The molecule has 2 rings (SSSR count). The van der Waals surface area contributed by atoms with Gasteiger partial charge in [0.25, 0.3) is 0 Å². The van der Waals surface area contributed by atoms with Crippen LogP contribution >= 0.6 is 0 Å². The number of fused-ring (bicyclic) bond motifs is 1. The van der Waals surface area contributed by atoms with Crippen LogP contribution < -0.4 is 5.32 Å². The van der Waals surface area contributed by atoms with E-state index in [1.54, 1.807) is 11.8 Å². The first-order valence-corrected chi connectivity index (χ1v) is 8.62. The number of aryl methyl sites for hydroxylation is 1. The lowest BCUT2D eigenvalue weighted by molar-refractivity contribution is 0.119. The molecule has 1 aromatic rings. The van der Waals surface area contributed by atoms with Crippen molar-refractivity contribution in [3.63, 3.8) is 0 Å². The molecule has 1 aromatic heterocycles. The molecular formula is C16H29N5O2. The Morgan fingerprint density at radius 2 is 2.09 bits per heavy atom. The van der Waals surface area contributed by atoms with Crippen molar-refractivity contribution in [3.05, 3.63) is 11.6 Å². The van der Waals surface area contributed by atoms with Crippen molar-refractivity contribution in [1.82, 2.24) is 25.0 Å². The standard InChI is InChI=1S/C16H29N5O2/c1-12(2)21(11-13(3)22)16(23)17-9-8-15-19-18-14-7-5-4-6-10-20(14)15/h12-13,22H,4-11H2,1-3H3,(H,17,23). The van der Waals surface area contributed by atoms with Gasteiger partial charge in [0.2, 0.25) is 0 Å². The van der Waals surface area contributed by atoms with Gasteiger partial charge in [0.05, 0.1) is 6.10 Å². The Morgan fingerprint density at radius 1 is 1.30 bits per heavy atom. The summed E-state index contributed by atoms with van der Waals surface area (Å²) in [7, 11) is 0. The maximum Gasteiger partial charge on any atom is 0.317 e. The number of aliphatic hydroxyl groups is 1. The summed E-state index contributed by atoms with van der Waals surface area (Å²) in [5, 5.41) is 21.0. The van der Waals surface area contributed by atoms with E-state index in [1.165, 1.54) is 19.3 Å². The highest BCUT2D eigenvalue weighted by Gasteiger charge is 2.19. The van der Waals surface area contributed by atoms with E-state index in [1.807, 2.05) is 13.8 Å². The SMILES string of the molecule is CC(O)CN(C(=O)NCCc1nnc2n1CCCCC2)C(C)C. The molecule has 23 heavy (non-hydrogen) atoms. The maximum atomic E-state index is 12.3. The quantitative estimate of drug-likeness (QED) is 0.828. The van der Waals surface area contributed by atoms with E-state index in [0.717, 1.165) is 24.6 Å². The van der Waals surface area contributed by atoms with E-state index in [-0.39, 0.29) is 12.1 Å². The third-order valence-electron chi connectivity index (χ3n) is 4.16. The minimum atomic E-state index is -0.532. The van der Waals surface area contributed by atoms with Gasteiger partial charge in [-0.05, 0) is 33.6 Å². The number of urea groups is 1. The van der Waals surface area contributed by atoms with Gasteiger partial charge in [-0.2, -0.15) is 0 Å². The van der Waals surface area contributed by atoms with E-state index in [0.29, 0.717) is 19.5 Å². The Labute approximate surface area is 138 Å². The molecule has 1 atom stereocenters. The lowest BCUT2D eigenvalue weighted by Gasteiger charge is -2.28. The molecule has 130 valence electrons. The van der Waals surface area contributed by atoms with Crippen LogP contribution in [0, 0.1) is 0 Å². The fraction of sp³-hybridized carbons (Fsp3) is 0.812. The van der Waals surface area contributed by atoms with Crippen LogP contribution in [0.2, 0.25) is 0 Å². The number of aliphatic hydroxyl groups excluding tert-OH is 1. The summed E-state index contributed by atoms with van der Waals surface area (Å²) in [5.74, 6) is 2.02. The van der Waals surface area contributed by atoms with Crippen molar-refractivity contribution < 1.29 is 9.90 Å². The lowest BCUT2D eigenvalue weighted by Crippen LogP contribution is -2.47. The zero-order valence-corrected chi connectivity index (χ0v) is 14.5. The van der Waals surface area contributed by atoms with Gasteiger partial charge in [-0.3, -0.25) is 0 Å². The second-order valence-electron chi connectivity index (χ2n) is 6.57. The third-order valence-corrected chi connectivity index (χ3v) is 4.16. The number of carbonyl (C=O) groups excluding carboxylic acids is 1. The molecule has 1 aliphatic heterocycles. The molecule has 0 bridgehead atoms. The van der Waals surface area contributed by atoms with Gasteiger partial charge in [-0.15, -0.1) is 10.2 Å². The van der Waals surface area contributed by atoms with Gasteiger partial charge in [0, 0.05) is 38.5 Å². The molecule has 2 heterocycles. The summed E-state index contributed by atoms with van der Waals surface area (Å²) >= 11 is 0. The second-order valence-corrected chi connectivity index (χ2v) is 6.57. The highest BCUT2D eigenvalue weighted by Crippen LogP contribution is 2.14. The minimum absolute atomic E-state index is 0.0500. The van der Waals surface area contributed by atoms with Crippen molar-refractivity contribution in [2.75, 3.05) is 13.1 Å². The average Bonchev–Trinajstić information content (AvgIpc) is 2.72. The van der Waals surface area contributed by atoms with Gasteiger partial charge in [0.15, 0.2) is 0 Å². The molecule has 2 amide bonds. The van der Waals surface area contributed by atoms with E-state index in [9.17, 15) is 9.90 Å². The Hall–Kier alpha value is -1.63. The summed E-state index contributed by atoms with van der Waals surface area (Å²) in [4.78, 5) is 13.9. The number of rotatable bonds is 6. The summed E-state index contributed by atoms with van der Waals surface area (Å²) < 4.78 is 2.20. The number of nitrogens with one attached hydrogen (secondary N) is 1. The van der Waals surface area contributed by atoms with Crippen LogP contribution in [0.5, 0.6) is 0 Å². The normalized spacial score (nSPS) is 15.9. The van der Waals surface area contributed by atoms with Crippen LogP contribution in [0.25, 0.3) is 0 Å². The number of amides is 2. The van der Waals surface area contributed by atoms with Crippen molar-refractivity contribution >= 4 is 6.03 Å². The van der Waals surface area contributed by atoms with Crippen LogP contribution in [0.4, 0.5) is 4.79 Å². The Morgan fingerprint density at radius 3 is 2.78 bits per heavy atom. The molecule has 1 aliphatic rings. The molecule has 7 nitrogen and oxygen atoms in total. The molecule has 0 radical (unpaired) electrons. The van der Waals surface area contributed by atoms with Crippen LogP contribution in [-0.4, -0.2) is 56.0 Å². The summed E-state index contributed by atoms with van der Waals surface area (Å²) in [6.07, 6.45) is 4.73. The zero-order chi connectivity index (χ0) is 16.8. The fourth-order valence-corrected chi connectivity index (χ4v) is 2.93. The first-order valence-electron chi connectivity index (χ1n) is 8.62. The first kappa shape index (κ1) is 17.7. The second kappa shape index (κ2) is 8.29. The van der Waals surface area contributed by atoms with E-state index in [4.69, 9.17) is 0 Å². The monoisotopic (exact) mass is 323 g/mol. The Kier molecular flexibility index (Phi) is 6.38. The summed E-state index contributed by atoms with van der Waals surface area (Å²) in [6, 6.07) is -0.0922. The van der Waals surface area contributed by atoms with E-state index < -0.39 is 6.10 Å². The van der Waals surface area contributed by atoms with Crippen LogP contribution in [0.1, 0.15) is 51.7 Å². The van der Waals surface area contributed by atoms with Crippen molar-refractivity contribution in [2.24, 2.45) is 0 Å².